The standard InChI is InChI=1S/C26H18F3N3O2/c1-16(33)32-25(18-11-13-19(14-12-18)26(27,28)29)34-24(31-32)21-15-23(17-7-3-2-4-8-17)30-22-10-6-5-9-20(21)22/h2-15,25H,1H3. The Morgan fingerprint density at radius 2 is 1.62 bits per heavy atom. The maximum absolute atomic E-state index is 13.0. The monoisotopic (exact) mass is 461 g/mol. The van der Waals surface area contributed by atoms with Gasteiger partial charge in [0, 0.05) is 29.0 Å². The predicted molar refractivity (Wildman–Crippen MR) is 122 cm³/mol. The molecule has 0 N–H and O–H groups in total. The Kier molecular flexibility index (Phi) is 5.28. The van der Waals surface area contributed by atoms with Crippen LogP contribution in [0.3, 0.4) is 0 Å². The van der Waals surface area contributed by atoms with Crippen LogP contribution in [0, 0.1) is 0 Å². The molecule has 0 fully saturated rings. The first-order chi connectivity index (χ1) is 16.3. The van der Waals surface area contributed by atoms with Crippen LogP contribution < -0.4 is 0 Å². The Balaban J connectivity index is 1.58. The molecule has 0 saturated carbocycles. The van der Waals surface area contributed by atoms with Crippen molar-refractivity contribution in [2.24, 2.45) is 5.10 Å². The summed E-state index contributed by atoms with van der Waals surface area (Å²) in [5.74, 6) is -0.211. The highest BCUT2D eigenvalue weighted by Crippen LogP contribution is 2.35. The molecular weight excluding hydrogens is 443 g/mol. The largest absolute Gasteiger partial charge is 0.446 e. The highest BCUT2D eigenvalue weighted by atomic mass is 19.4. The minimum absolute atomic E-state index is 0.191. The average Bonchev–Trinajstić information content (AvgIpc) is 3.29. The van der Waals surface area contributed by atoms with Crippen molar-refractivity contribution in [1.29, 1.82) is 0 Å². The number of carbonyl (C=O) groups excluding carboxylic acids is 1. The van der Waals surface area contributed by atoms with E-state index >= 15 is 0 Å². The van der Waals surface area contributed by atoms with Gasteiger partial charge < -0.3 is 4.74 Å². The molecule has 34 heavy (non-hydrogen) atoms. The molecule has 170 valence electrons. The molecule has 5 rings (SSSR count). The molecule has 1 aliphatic heterocycles. The van der Waals surface area contributed by atoms with E-state index in [1.165, 1.54) is 19.1 Å². The summed E-state index contributed by atoms with van der Waals surface area (Å²) in [6, 6.07) is 23.4. The number of benzene rings is 3. The third-order valence-electron chi connectivity index (χ3n) is 5.51. The zero-order chi connectivity index (χ0) is 23.9. The molecule has 2 heterocycles. The van der Waals surface area contributed by atoms with Gasteiger partial charge in [-0.1, -0.05) is 60.7 Å². The van der Waals surface area contributed by atoms with Crippen LogP contribution >= 0.6 is 0 Å². The van der Waals surface area contributed by atoms with Crippen LogP contribution in [-0.4, -0.2) is 21.8 Å². The number of halogens is 3. The summed E-state index contributed by atoms with van der Waals surface area (Å²) >= 11 is 0. The Morgan fingerprint density at radius 1 is 0.941 bits per heavy atom. The molecule has 0 bridgehead atoms. The van der Waals surface area contributed by atoms with Crippen molar-refractivity contribution in [3.63, 3.8) is 0 Å². The minimum atomic E-state index is -4.46. The number of hydrazone groups is 1. The topological polar surface area (TPSA) is 54.8 Å². The van der Waals surface area contributed by atoms with Crippen molar-refractivity contribution >= 4 is 22.7 Å². The van der Waals surface area contributed by atoms with Crippen molar-refractivity contribution in [3.05, 3.63) is 102 Å². The number of amides is 1. The van der Waals surface area contributed by atoms with Crippen LogP contribution in [0.25, 0.3) is 22.2 Å². The molecular formula is C26H18F3N3O2. The van der Waals surface area contributed by atoms with E-state index in [9.17, 15) is 18.0 Å². The number of rotatable bonds is 3. The van der Waals surface area contributed by atoms with Crippen molar-refractivity contribution < 1.29 is 22.7 Å². The number of hydrogen-bond donors (Lipinski definition) is 0. The lowest BCUT2D eigenvalue weighted by Crippen LogP contribution is -2.25. The molecule has 0 spiro atoms. The zero-order valence-electron chi connectivity index (χ0n) is 18.0. The van der Waals surface area contributed by atoms with Crippen LogP contribution in [0.4, 0.5) is 13.2 Å². The lowest BCUT2D eigenvalue weighted by molar-refractivity contribution is -0.138. The fourth-order valence-electron chi connectivity index (χ4n) is 3.84. The number of para-hydroxylation sites is 1. The average molecular weight is 461 g/mol. The van der Waals surface area contributed by atoms with E-state index in [1.807, 2.05) is 60.7 Å². The molecule has 1 aromatic heterocycles. The first kappa shape index (κ1) is 21.6. The van der Waals surface area contributed by atoms with E-state index in [4.69, 9.17) is 9.72 Å². The molecule has 1 unspecified atom stereocenters. The van der Waals surface area contributed by atoms with Crippen LogP contribution in [-0.2, 0) is 15.7 Å². The Bertz CT molecular complexity index is 1400. The van der Waals surface area contributed by atoms with Crippen LogP contribution in [0.2, 0.25) is 0 Å². The molecule has 5 nitrogen and oxygen atoms in total. The quantitative estimate of drug-likeness (QED) is 0.367. The molecule has 0 radical (unpaired) electrons. The normalized spacial score (nSPS) is 15.8. The fourth-order valence-corrected chi connectivity index (χ4v) is 3.84. The smallest absolute Gasteiger partial charge is 0.416 e. The van der Waals surface area contributed by atoms with Gasteiger partial charge in [-0.15, -0.1) is 5.10 Å². The van der Waals surface area contributed by atoms with E-state index in [2.05, 4.69) is 5.10 Å². The van der Waals surface area contributed by atoms with Gasteiger partial charge in [-0.25, -0.2) is 4.98 Å². The van der Waals surface area contributed by atoms with Crippen LogP contribution in [0.5, 0.6) is 0 Å². The molecule has 3 aromatic carbocycles. The summed E-state index contributed by atoms with van der Waals surface area (Å²) in [6.07, 6.45) is -5.44. The highest BCUT2D eigenvalue weighted by Gasteiger charge is 2.35. The number of fused-ring (bicyclic) bond motifs is 1. The summed E-state index contributed by atoms with van der Waals surface area (Å²) in [7, 11) is 0. The van der Waals surface area contributed by atoms with E-state index < -0.39 is 23.9 Å². The minimum Gasteiger partial charge on any atom is -0.446 e. The van der Waals surface area contributed by atoms with Gasteiger partial charge in [0.1, 0.15) is 0 Å². The second kappa shape index (κ2) is 8.30. The number of hydrogen-bond acceptors (Lipinski definition) is 4. The SMILES string of the molecule is CC(=O)N1N=C(c2cc(-c3ccccc3)nc3ccccc23)OC1c1ccc(C(F)(F)F)cc1. The Hall–Kier alpha value is -4.20. The first-order valence-electron chi connectivity index (χ1n) is 10.5. The van der Waals surface area contributed by atoms with Gasteiger partial charge in [0.15, 0.2) is 0 Å². The van der Waals surface area contributed by atoms with Crippen molar-refractivity contribution in [3.8, 4) is 11.3 Å². The summed E-state index contributed by atoms with van der Waals surface area (Å²) in [6.45, 7) is 1.33. The third kappa shape index (κ3) is 3.98. The zero-order valence-corrected chi connectivity index (χ0v) is 18.0. The number of alkyl halides is 3. The second-order valence-electron chi connectivity index (χ2n) is 7.80. The van der Waals surface area contributed by atoms with Gasteiger partial charge in [-0.05, 0) is 24.3 Å². The number of nitrogens with zero attached hydrogens (tertiary/aromatic N) is 3. The molecule has 4 aromatic rings. The van der Waals surface area contributed by atoms with Gasteiger partial charge in [0.05, 0.1) is 16.8 Å². The summed E-state index contributed by atoms with van der Waals surface area (Å²) in [5, 5.41) is 6.31. The number of ether oxygens (including phenoxy) is 1. The molecule has 8 heteroatoms. The predicted octanol–water partition coefficient (Wildman–Crippen LogP) is 6.16. The number of aromatic nitrogens is 1. The Morgan fingerprint density at radius 3 is 2.29 bits per heavy atom. The maximum Gasteiger partial charge on any atom is 0.416 e. The summed E-state index contributed by atoms with van der Waals surface area (Å²) < 4.78 is 45.0. The molecule has 1 amide bonds. The summed E-state index contributed by atoms with van der Waals surface area (Å²) in [4.78, 5) is 17.1. The van der Waals surface area contributed by atoms with E-state index in [-0.39, 0.29) is 5.90 Å². The number of pyridine rings is 1. The Labute approximate surface area is 193 Å². The number of carbonyl (C=O) groups is 1. The van der Waals surface area contributed by atoms with E-state index in [0.29, 0.717) is 16.8 Å². The van der Waals surface area contributed by atoms with Gasteiger partial charge in [0.25, 0.3) is 0 Å². The molecule has 1 atom stereocenters. The van der Waals surface area contributed by atoms with Gasteiger partial charge in [0.2, 0.25) is 18.0 Å². The van der Waals surface area contributed by atoms with Crippen LogP contribution in [0.15, 0.2) is 90.0 Å². The van der Waals surface area contributed by atoms with Crippen molar-refractivity contribution in [2.45, 2.75) is 19.3 Å². The lowest BCUT2D eigenvalue weighted by Gasteiger charge is -2.20. The van der Waals surface area contributed by atoms with E-state index in [0.717, 1.165) is 33.6 Å². The van der Waals surface area contributed by atoms with Crippen molar-refractivity contribution in [1.82, 2.24) is 9.99 Å². The maximum atomic E-state index is 13.0. The van der Waals surface area contributed by atoms with Crippen molar-refractivity contribution in [2.75, 3.05) is 0 Å². The molecule has 0 aliphatic carbocycles. The fraction of sp³-hybridized carbons (Fsp3) is 0.115. The van der Waals surface area contributed by atoms with Crippen LogP contribution in [0.1, 0.15) is 29.8 Å². The second-order valence-corrected chi connectivity index (χ2v) is 7.80. The lowest BCUT2D eigenvalue weighted by atomic mass is 10.0. The van der Waals surface area contributed by atoms with Gasteiger partial charge in [-0.2, -0.15) is 18.2 Å². The first-order valence-corrected chi connectivity index (χ1v) is 10.5. The molecule has 0 saturated heterocycles. The molecule has 1 aliphatic rings. The van der Waals surface area contributed by atoms with Gasteiger partial charge >= 0.3 is 6.18 Å². The summed E-state index contributed by atoms with van der Waals surface area (Å²) in [5.41, 5.74) is 2.55. The van der Waals surface area contributed by atoms with E-state index in [1.54, 1.807) is 0 Å². The van der Waals surface area contributed by atoms with Gasteiger partial charge in [-0.3, -0.25) is 4.79 Å². The highest BCUT2D eigenvalue weighted by molar-refractivity contribution is 6.08. The third-order valence-corrected chi connectivity index (χ3v) is 5.51.